The van der Waals surface area contributed by atoms with Gasteiger partial charge in [-0.2, -0.15) is 0 Å². The molecule has 1 aliphatic heterocycles. The lowest BCUT2D eigenvalue weighted by Crippen LogP contribution is -2.18. The molecule has 3 nitrogen and oxygen atoms in total. The maximum Gasteiger partial charge on any atom is 0.335 e. The molecule has 1 saturated heterocycles. The molecule has 92 valence electrons. The molecule has 0 amide bonds. The van der Waals surface area contributed by atoms with Crippen molar-refractivity contribution in [1.29, 1.82) is 0 Å². The van der Waals surface area contributed by atoms with Gasteiger partial charge >= 0.3 is 5.97 Å². The summed E-state index contributed by atoms with van der Waals surface area (Å²) in [4.78, 5) is 13.5. The minimum Gasteiger partial charge on any atom is -0.478 e. The van der Waals surface area contributed by atoms with E-state index in [1.165, 1.54) is 0 Å². The molecular formula is C14H19NO2. The summed E-state index contributed by atoms with van der Waals surface area (Å²) in [5.41, 5.74) is 1.48. The summed E-state index contributed by atoms with van der Waals surface area (Å²) in [5, 5.41) is 9.21. The third-order valence-electron chi connectivity index (χ3n) is 3.58. The Morgan fingerprint density at radius 2 is 2.06 bits per heavy atom. The molecule has 0 bridgehead atoms. The van der Waals surface area contributed by atoms with Crippen LogP contribution in [0.2, 0.25) is 0 Å². The Morgan fingerprint density at radius 1 is 1.29 bits per heavy atom. The molecular weight excluding hydrogens is 214 g/mol. The van der Waals surface area contributed by atoms with Crippen LogP contribution >= 0.6 is 0 Å². The van der Waals surface area contributed by atoms with E-state index in [2.05, 4.69) is 11.9 Å². The number of carboxylic acid groups (broad SMARTS) is 1. The van der Waals surface area contributed by atoms with Crippen molar-refractivity contribution >= 4 is 5.97 Å². The molecule has 1 aromatic carbocycles. The number of benzene rings is 1. The van der Waals surface area contributed by atoms with Crippen LogP contribution < -0.4 is 0 Å². The highest BCUT2D eigenvalue weighted by atomic mass is 16.4. The predicted octanol–water partition coefficient (Wildman–Crippen LogP) is 2.58. The van der Waals surface area contributed by atoms with Crippen LogP contribution in [0.15, 0.2) is 24.3 Å². The molecule has 1 atom stereocenters. The van der Waals surface area contributed by atoms with Crippen LogP contribution in [0.25, 0.3) is 0 Å². The summed E-state index contributed by atoms with van der Waals surface area (Å²) in [5.74, 6) is -0.412. The molecule has 1 N–H and O–H groups in total. The van der Waals surface area contributed by atoms with Crippen LogP contribution in [0.3, 0.4) is 0 Å². The third kappa shape index (κ3) is 2.86. The monoisotopic (exact) mass is 233 g/mol. The van der Waals surface area contributed by atoms with Gasteiger partial charge in [-0.1, -0.05) is 18.2 Å². The van der Waals surface area contributed by atoms with Gasteiger partial charge in [0.1, 0.15) is 0 Å². The van der Waals surface area contributed by atoms with Gasteiger partial charge in [0, 0.05) is 0 Å². The Morgan fingerprint density at radius 3 is 2.82 bits per heavy atom. The van der Waals surface area contributed by atoms with Crippen LogP contribution in [0.4, 0.5) is 0 Å². The fourth-order valence-electron chi connectivity index (χ4n) is 2.60. The summed E-state index contributed by atoms with van der Waals surface area (Å²) < 4.78 is 0. The van der Waals surface area contributed by atoms with Gasteiger partial charge in [-0.3, -0.25) is 0 Å². The summed E-state index contributed by atoms with van der Waals surface area (Å²) in [6.45, 7) is 2.17. The summed E-state index contributed by atoms with van der Waals surface area (Å²) >= 11 is 0. The molecule has 0 spiro atoms. The Balaban J connectivity index is 2.24. The fourth-order valence-corrected chi connectivity index (χ4v) is 2.60. The van der Waals surface area contributed by atoms with E-state index in [0.29, 0.717) is 11.5 Å². The number of aromatic carboxylic acids is 1. The van der Waals surface area contributed by atoms with Crippen molar-refractivity contribution in [2.24, 2.45) is 0 Å². The topological polar surface area (TPSA) is 40.5 Å². The van der Waals surface area contributed by atoms with E-state index in [0.717, 1.165) is 37.9 Å². The van der Waals surface area contributed by atoms with Crippen LogP contribution in [0.5, 0.6) is 0 Å². The molecule has 3 heteroatoms. The summed E-state index contributed by atoms with van der Waals surface area (Å²) in [6.07, 6.45) is 3.30. The molecule has 1 fully saturated rings. The average molecular weight is 233 g/mol. The van der Waals surface area contributed by atoms with E-state index < -0.39 is 5.97 Å². The number of carbonyl (C=O) groups is 1. The van der Waals surface area contributed by atoms with Gasteiger partial charge in [0.25, 0.3) is 0 Å². The number of carboxylic acids is 1. The lowest BCUT2D eigenvalue weighted by atomic mass is 9.88. The average Bonchev–Trinajstić information content (AvgIpc) is 2.54. The second-order valence-electron chi connectivity index (χ2n) is 4.82. The van der Waals surface area contributed by atoms with E-state index in [9.17, 15) is 9.90 Å². The van der Waals surface area contributed by atoms with Crippen molar-refractivity contribution in [3.8, 4) is 0 Å². The molecule has 0 aliphatic carbocycles. The maximum absolute atomic E-state index is 11.2. The zero-order valence-electron chi connectivity index (χ0n) is 10.2. The van der Waals surface area contributed by atoms with E-state index in [1.54, 1.807) is 12.1 Å². The first-order valence-electron chi connectivity index (χ1n) is 6.19. The van der Waals surface area contributed by atoms with Gasteiger partial charge in [0.2, 0.25) is 0 Å². The predicted molar refractivity (Wildman–Crippen MR) is 67.5 cm³/mol. The SMILES string of the molecule is CN1CCCC(c2ccccc2C(=O)O)CC1. The standard InChI is InChI=1S/C14H19NO2/c1-15-9-4-5-11(8-10-15)12-6-2-3-7-13(12)14(16)17/h2-3,6-7,11H,4-5,8-10H2,1H3,(H,16,17). The van der Waals surface area contributed by atoms with Crippen molar-refractivity contribution in [2.75, 3.05) is 20.1 Å². The highest BCUT2D eigenvalue weighted by molar-refractivity contribution is 5.89. The Labute approximate surface area is 102 Å². The first-order valence-corrected chi connectivity index (χ1v) is 6.19. The third-order valence-corrected chi connectivity index (χ3v) is 3.58. The minimum atomic E-state index is -0.807. The zero-order chi connectivity index (χ0) is 12.3. The van der Waals surface area contributed by atoms with E-state index in [1.807, 2.05) is 12.1 Å². The quantitative estimate of drug-likeness (QED) is 0.853. The van der Waals surface area contributed by atoms with E-state index in [4.69, 9.17) is 0 Å². The Kier molecular flexibility index (Phi) is 3.79. The molecule has 2 rings (SSSR count). The second kappa shape index (κ2) is 5.32. The number of nitrogens with zero attached hydrogens (tertiary/aromatic N) is 1. The van der Waals surface area contributed by atoms with Crippen LogP contribution in [0.1, 0.15) is 41.1 Å². The van der Waals surface area contributed by atoms with Crippen molar-refractivity contribution < 1.29 is 9.90 Å². The maximum atomic E-state index is 11.2. The van der Waals surface area contributed by atoms with Gasteiger partial charge < -0.3 is 10.0 Å². The van der Waals surface area contributed by atoms with Crippen molar-refractivity contribution in [1.82, 2.24) is 4.90 Å². The van der Waals surface area contributed by atoms with Crippen LogP contribution in [0, 0.1) is 0 Å². The molecule has 1 unspecified atom stereocenters. The van der Waals surface area contributed by atoms with Crippen molar-refractivity contribution in [3.05, 3.63) is 35.4 Å². The number of likely N-dealkylation sites (tertiary alicyclic amines) is 1. The van der Waals surface area contributed by atoms with Crippen LogP contribution in [-0.2, 0) is 0 Å². The normalized spacial score (nSPS) is 22.1. The largest absolute Gasteiger partial charge is 0.478 e. The molecule has 1 aliphatic rings. The van der Waals surface area contributed by atoms with Crippen LogP contribution in [-0.4, -0.2) is 36.1 Å². The van der Waals surface area contributed by atoms with Crippen molar-refractivity contribution in [2.45, 2.75) is 25.2 Å². The van der Waals surface area contributed by atoms with E-state index >= 15 is 0 Å². The van der Waals surface area contributed by atoms with Crippen molar-refractivity contribution in [3.63, 3.8) is 0 Å². The molecule has 0 radical (unpaired) electrons. The Hall–Kier alpha value is -1.35. The first kappa shape index (κ1) is 12.1. The minimum absolute atomic E-state index is 0.396. The highest BCUT2D eigenvalue weighted by Crippen LogP contribution is 2.30. The lowest BCUT2D eigenvalue weighted by molar-refractivity contribution is 0.0695. The molecule has 0 aromatic heterocycles. The Bertz CT molecular complexity index is 403. The molecule has 1 aromatic rings. The number of hydrogen-bond acceptors (Lipinski definition) is 2. The number of rotatable bonds is 2. The smallest absolute Gasteiger partial charge is 0.335 e. The van der Waals surface area contributed by atoms with Gasteiger partial charge in [0.05, 0.1) is 5.56 Å². The zero-order valence-corrected chi connectivity index (χ0v) is 10.2. The van der Waals surface area contributed by atoms with Gasteiger partial charge in [-0.05, 0) is 56.9 Å². The van der Waals surface area contributed by atoms with Gasteiger partial charge in [-0.25, -0.2) is 4.79 Å². The van der Waals surface area contributed by atoms with Gasteiger partial charge in [0.15, 0.2) is 0 Å². The van der Waals surface area contributed by atoms with Gasteiger partial charge in [-0.15, -0.1) is 0 Å². The molecule has 1 heterocycles. The lowest BCUT2D eigenvalue weighted by Gasteiger charge is -2.17. The molecule has 17 heavy (non-hydrogen) atoms. The first-order chi connectivity index (χ1) is 8.18. The number of hydrogen-bond donors (Lipinski definition) is 1. The summed E-state index contributed by atoms with van der Waals surface area (Å²) in [7, 11) is 2.13. The van der Waals surface area contributed by atoms with E-state index in [-0.39, 0.29) is 0 Å². The fraction of sp³-hybridized carbons (Fsp3) is 0.500. The second-order valence-corrected chi connectivity index (χ2v) is 4.82. The highest BCUT2D eigenvalue weighted by Gasteiger charge is 2.20. The molecule has 0 saturated carbocycles. The summed E-state index contributed by atoms with van der Waals surface area (Å²) in [6, 6.07) is 7.43.